The first kappa shape index (κ1) is 9.73. The van der Waals surface area contributed by atoms with Crippen molar-refractivity contribution in [2.24, 2.45) is 11.8 Å². The number of hydrogen-bond donors (Lipinski definition) is 0. The number of alkyl halides is 1. The Morgan fingerprint density at radius 3 is 1.78 bits per heavy atom. The maximum absolute atomic E-state index is 2.51. The standard InChI is InChI=1S/C8H17I/c1-5-6(2)7(3)8(4)9/h6-8H,5H2,1-4H3. The van der Waals surface area contributed by atoms with E-state index in [9.17, 15) is 0 Å². The van der Waals surface area contributed by atoms with Gasteiger partial charge >= 0.3 is 0 Å². The van der Waals surface area contributed by atoms with E-state index in [0.717, 1.165) is 15.8 Å². The van der Waals surface area contributed by atoms with Gasteiger partial charge in [-0.25, -0.2) is 0 Å². The molecule has 0 saturated carbocycles. The summed E-state index contributed by atoms with van der Waals surface area (Å²) in [6.45, 7) is 9.22. The molecule has 0 N–H and O–H groups in total. The number of hydrogen-bond acceptors (Lipinski definition) is 0. The van der Waals surface area contributed by atoms with Crippen molar-refractivity contribution in [2.45, 2.75) is 38.0 Å². The lowest BCUT2D eigenvalue weighted by Crippen LogP contribution is -2.14. The highest BCUT2D eigenvalue weighted by atomic mass is 127. The topological polar surface area (TPSA) is 0 Å². The van der Waals surface area contributed by atoms with E-state index in [1.165, 1.54) is 6.42 Å². The van der Waals surface area contributed by atoms with Crippen LogP contribution in [0.3, 0.4) is 0 Å². The Morgan fingerprint density at radius 2 is 1.67 bits per heavy atom. The van der Waals surface area contributed by atoms with E-state index in [0.29, 0.717) is 0 Å². The second-order valence-electron chi connectivity index (χ2n) is 2.92. The Balaban J connectivity index is 3.58. The van der Waals surface area contributed by atoms with Crippen LogP contribution in [0.4, 0.5) is 0 Å². The minimum atomic E-state index is 0.817. The van der Waals surface area contributed by atoms with Gasteiger partial charge < -0.3 is 0 Å². The highest BCUT2D eigenvalue weighted by molar-refractivity contribution is 14.1. The average Bonchev–Trinajstić information content (AvgIpc) is 1.84. The minimum absolute atomic E-state index is 0.817. The molecule has 0 saturated heterocycles. The van der Waals surface area contributed by atoms with Crippen molar-refractivity contribution >= 4 is 22.6 Å². The van der Waals surface area contributed by atoms with Crippen molar-refractivity contribution < 1.29 is 0 Å². The van der Waals surface area contributed by atoms with E-state index in [1.807, 2.05) is 0 Å². The van der Waals surface area contributed by atoms with Crippen LogP contribution in [0.5, 0.6) is 0 Å². The molecule has 0 radical (unpaired) electrons. The lowest BCUT2D eigenvalue weighted by atomic mass is 9.92. The SMILES string of the molecule is CCC(C)C(C)C(C)I. The van der Waals surface area contributed by atoms with Crippen LogP contribution in [-0.2, 0) is 0 Å². The van der Waals surface area contributed by atoms with E-state index in [2.05, 4.69) is 50.3 Å². The number of halogens is 1. The fourth-order valence-corrected chi connectivity index (χ4v) is 1.53. The smallest absolute Gasteiger partial charge is 0.0109 e. The summed E-state index contributed by atoms with van der Waals surface area (Å²) in [6.07, 6.45) is 1.31. The van der Waals surface area contributed by atoms with E-state index in [1.54, 1.807) is 0 Å². The van der Waals surface area contributed by atoms with Crippen molar-refractivity contribution in [1.82, 2.24) is 0 Å². The Hall–Kier alpha value is 0.730. The predicted octanol–water partition coefficient (Wildman–Crippen LogP) is 3.49. The molecule has 0 aromatic carbocycles. The van der Waals surface area contributed by atoms with Crippen molar-refractivity contribution in [3.8, 4) is 0 Å². The fraction of sp³-hybridized carbons (Fsp3) is 1.00. The molecule has 0 aliphatic heterocycles. The zero-order chi connectivity index (χ0) is 7.44. The summed E-state index contributed by atoms with van der Waals surface area (Å²) in [4.78, 5) is 0. The molecular weight excluding hydrogens is 223 g/mol. The van der Waals surface area contributed by atoms with Gasteiger partial charge in [0.05, 0.1) is 0 Å². The quantitative estimate of drug-likeness (QED) is 0.523. The highest BCUT2D eigenvalue weighted by Crippen LogP contribution is 2.22. The van der Waals surface area contributed by atoms with Gasteiger partial charge in [0.2, 0.25) is 0 Å². The molecule has 1 heteroatoms. The molecule has 3 atom stereocenters. The van der Waals surface area contributed by atoms with E-state index in [-0.39, 0.29) is 0 Å². The first-order valence-corrected chi connectivity index (χ1v) is 4.98. The second-order valence-corrected chi connectivity index (χ2v) is 4.89. The van der Waals surface area contributed by atoms with Crippen LogP contribution in [-0.4, -0.2) is 3.92 Å². The summed E-state index contributed by atoms with van der Waals surface area (Å²) >= 11 is 2.51. The Labute approximate surface area is 72.6 Å². The molecule has 0 spiro atoms. The molecule has 0 amide bonds. The Bertz CT molecular complexity index is 69.0. The lowest BCUT2D eigenvalue weighted by Gasteiger charge is -2.20. The van der Waals surface area contributed by atoms with Crippen LogP contribution >= 0.6 is 22.6 Å². The Morgan fingerprint density at radius 1 is 1.22 bits per heavy atom. The van der Waals surface area contributed by atoms with Gasteiger partial charge in [-0.1, -0.05) is 56.7 Å². The van der Waals surface area contributed by atoms with Crippen LogP contribution in [0.25, 0.3) is 0 Å². The van der Waals surface area contributed by atoms with Crippen LogP contribution < -0.4 is 0 Å². The average molecular weight is 240 g/mol. The van der Waals surface area contributed by atoms with Gasteiger partial charge in [0, 0.05) is 3.92 Å². The van der Waals surface area contributed by atoms with Crippen molar-refractivity contribution in [3.63, 3.8) is 0 Å². The molecule has 9 heavy (non-hydrogen) atoms. The van der Waals surface area contributed by atoms with Crippen molar-refractivity contribution in [3.05, 3.63) is 0 Å². The van der Waals surface area contributed by atoms with Crippen molar-refractivity contribution in [1.29, 1.82) is 0 Å². The molecule has 0 aliphatic rings. The zero-order valence-electron chi connectivity index (χ0n) is 6.82. The van der Waals surface area contributed by atoms with Crippen LogP contribution in [0.1, 0.15) is 34.1 Å². The third kappa shape index (κ3) is 3.43. The molecule has 0 aliphatic carbocycles. The maximum atomic E-state index is 2.51. The van der Waals surface area contributed by atoms with Crippen LogP contribution in [0.15, 0.2) is 0 Å². The van der Waals surface area contributed by atoms with Crippen LogP contribution in [0.2, 0.25) is 0 Å². The van der Waals surface area contributed by atoms with E-state index >= 15 is 0 Å². The van der Waals surface area contributed by atoms with Gasteiger partial charge in [-0.3, -0.25) is 0 Å². The molecule has 0 aromatic rings. The molecule has 0 aromatic heterocycles. The molecule has 0 nitrogen and oxygen atoms in total. The predicted molar refractivity (Wildman–Crippen MR) is 52.1 cm³/mol. The van der Waals surface area contributed by atoms with Crippen LogP contribution in [0, 0.1) is 11.8 Å². The van der Waals surface area contributed by atoms with Gasteiger partial charge in [0.15, 0.2) is 0 Å². The number of rotatable bonds is 3. The molecule has 0 rings (SSSR count). The molecule has 0 fully saturated rings. The van der Waals surface area contributed by atoms with E-state index in [4.69, 9.17) is 0 Å². The summed E-state index contributed by atoms with van der Waals surface area (Å²) in [6, 6.07) is 0. The monoisotopic (exact) mass is 240 g/mol. The molecular formula is C8H17I. The summed E-state index contributed by atoms with van der Waals surface area (Å²) in [5.41, 5.74) is 0. The van der Waals surface area contributed by atoms with Gasteiger partial charge in [-0.15, -0.1) is 0 Å². The molecule has 56 valence electrons. The lowest BCUT2D eigenvalue weighted by molar-refractivity contribution is 0.382. The third-order valence-corrected chi connectivity index (χ3v) is 3.40. The largest absolute Gasteiger partial charge is 0.0826 e. The van der Waals surface area contributed by atoms with E-state index < -0.39 is 0 Å². The van der Waals surface area contributed by atoms with Gasteiger partial charge in [0.25, 0.3) is 0 Å². The maximum Gasteiger partial charge on any atom is 0.0109 e. The first-order valence-electron chi connectivity index (χ1n) is 3.73. The summed E-state index contributed by atoms with van der Waals surface area (Å²) in [5.74, 6) is 1.76. The minimum Gasteiger partial charge on any atom is -0.0826 e. The summed E-state index contributed by atoms with van der Waals surface area (Å²) < 4.78 is 0.817. The second kappa shape index (κ2) is 4.53. The normalized spacial score (nSPS) is 21.0. The molecule has 0 bridgehead atoms. The van der Waals surface area contributed by atoms with Gasteiger partial charge in [0.1, 0.15) is 0 Å². The first-order chi connectivity index (χ1) is 4.09. The molecule has 0 heterocycles. The molecule has 3 unspecified atom stereocenters. The highest BCUT2D eigenvalue weighted by Gasteiger charge is 2.14. The summed E-state index contributed by atoms with van der Waals surface area (Å²) in [5, 5.41) is 0. The van der Waals surface area contributed by atoms with Gasteiger partial charge in [-0.05, 0) is 11.8 Å². The summed E-state index contributed by atoms with van der Waals surface area (Å²) in [7, 11) is 0. The fourth-order valence-electron chi connectivity index (χ4n) is 0.824. The zero-order valence-corrected chi connectivity index (χ0v) is 8.97. The Kier molecular flexibility index (Phi) is 4.90. The van der Waals surface area contributed by atoms with Gasteiger partial charge in [-0.2, -0.15) is 0 Å². The third-order valence-electron chi connectivity index (χ3n) is 2.27. The van der Waals surface area contributed by atoms with Crippen molar-refractivity contribution in [2.75, 3.05) is 0 Å².